The van der Waals surface area contributed by atoms with Gasteiger partial charge in [0.2, 0.25) is 5.91 Å². The molecule has 1 aromatic heterocycles. The van der Waals surface area contributed by atoms with Gasteiger partial charge in [-0.25, -0.2) is 4.98 Å². The van der Waals surface area contributed by atoms with Crippen LogP contribution in [-0.4, -0.2) is 22.6 Å². The first-order chi connectivity index (χ1) is 13.2. The first-order valence-electron chi connectivity index (χ1n) is 8.97. The highest BCUT2D eigenvalue weighted by Crippen LogP contribution is 2.30. The maximum atomic E-state index is 12.4. The molecule has 0 aliphatic heterocycles. The maximum Gasteiger partial charge on any atom is 0.244 e. The Kier molecular flexibility index (Phi) is 4.75. The molecule has 0 spiro atoms. The molecule has 1 amide bonds. The Labute approximate surface area is 158 Å². The summed E-state index contributed by atoms with van der Waals surface area (Å²) in [6.07, 6.45) is 10.6. The van der Waals surface area contributed by atoms with Gasteiger partial charge in [0.25, 0.3) is 0 Å². The van der Waals surface area contributed by atoms with E-state index in [-0.39, 0.29) is 11.9 Å². The SMILES string of the molecule is COc1cc(-n2ccnc2)ccc1C=CC(=O)NC1CCc2ccccc21. The van der Waals surface area contributed by atoms with Crippen molar-refractivity contribution in [3.05, 3.63) is 84.0 Å². The van der Waals surface area contributed by atoms with Crippen LogP contribution in [0, 0.1) is 0 Å². The molecule has 5 nitrogen and oxygen atoms in total. The fourth-order valence-electron chi connectivity index (χ4n) is 3.50. The van der Waals surface area contributed by atoms with Gasteiger partial charge in [0, 0.05) is 30.1 Å². The lowest BCUT2D eigenvalue weighted by Crippen LogP contribution is -2.25. The average Bonchev–Trinajstić information content (AvgIpc) is 3.37. The highest BCUT2D eigenvalue weighted by atomic mass is 16.5. The van der Waals surface area contributed by atoms with Crippen LogP contribution in [0.2, 0.25) is 0 Å². The zero-order chi connectivity index (χ0) is 18.6. The molecule has 1 heterocycles. The number of nitrogens with zero attached hydrogens (tertiary/aromatic N) is 2. The number of aryl methyl sites for hydroxylation is 1. The molecule has 0 saturated carbocycles. The molecule has 1 N–H and O–H groups in total. The van der Waals surface area contributed by atoms with Crippen molar-refractivity contribution in [1.82, 2.24) is 14.9 Å². The number of imidazole rings is 1. The van der Waals surface area contributed by atoms with Crippen molar-refractivity contribution in [2.24, 2.45) is 0 Å². The summed E-state index contributed by atoms with van der Waals surface area (Å²) in [5.74, 6) is 0.605. The summed E-state index contributed by atoms with van der Waals surface area (Å²) >= 11 is 0. The molecule has 2 aromatic carbocycles. The van der Waals surface area contributed by atoms with E-state index in [2.05, 4.69) is 22.4 Å². The molecule has 27 heavy (non-hydrogen) atoms. The summed E-state index contributed by atoms with van der Waals surface area (Å²) in [7, 11) is 1.62. The van der Waals surface area contributed by atoms with Gasteiger partial charge in [0.15, 0.2) is 0 Å². The lowest BCUT2D eigenvalue weighted by Gasteiger charge is -2.12. The number of nitrogens with one attached hydrogen (secondary N) is 1. The minimum absolute atomic E-state index is 0.0869. The number of methoxy groups -OCH3 is 1. The zero-order valence-corrected chi connectivity index (χ0v) is 15.1. The zero-order valence-electron chi connectivity index (χ0n) is 15.1. The first-order valence-corrected chi connectivity index (χ1v) is 8.97. The van der Waals surface area contributed by atoms with Crippen LogP contribution in [0.15, 0.2) is 67.3 Å². The third kappa shape index (κ3) is 3.62. The summed E-state index contributed by atoms with van der Waals surface area (Å²) in [5.41, 5.74) is 4.35. The number of fused-ring (bicyclic) bond motifs is 1. The van der Waals surface area contributed by atoms with Gasteiger partial charge in [0.1, 0.15) is 5.75 Å². The van der Waals surface area contributed by atoms with Crippen molar-refractivity contribution in [1.29, 1.82) is 0 Å². The van der Waals surface area contributed by atoms with E-state index in [1.807, 2.05) is 41.1 Å². The van der Waals surface area contributed by atoms with Gasteiger partial charge in [-0.3, -0.25) is 4.79 Å². The largest absolute Gasteiger partial charge is 0.496 e. The molecule has 5 heteroatoms. The van der Waals surface area contributed by atoms with E-state index in [1.165, 1.54) is 11.1 Å². The Morgan fingerprint density at radius 2 is 2.19 bits per heavy atom. The highest BCUT2D eigenvalue weighted by Gasteiger charge is 2.22. The number of ether oxygens (including phenoxy) is 1. The Balaban J connectivity index is 1.47. The fraction of sp³-hybridized carbons (Fsp3) is 0.182. The number of rotatable bonds is 5. The first kappa shape index (κ1) is 17.1. The molecule has 0 fully saturated rings. The van der Waals surface area contributed by atoms with Crippen LogP contribution in [0.4, 0.5) is 0 Å². The molecule has 0 saturated heterocycles. The van der Waals surface area contributed by atoms with Crippen molar-refractivity contribution < 1.29 is 9.53 Å². The van der Waals surface area contributed by atoms with Crippen LogP contribution in [-0.2, 0) is 11.2 Å². The van der Waals surface area contributed by atoms with Gasteiger partial charge in [-0.05, 0) is 42.2 Å². The Hall–Kier alpha value is -3.34. The molecule has 0 bridgehead atoms. The summed E-state index contributed by atoms with van der Waals surface area (Å²) < 4.78 is 7.38. The van der Waals surface area contributed by atoms with Crippen molar-refractivity contribution in [3.63, 3.8) is 0 Å². The predicted molar refractivity (Wildman–Crippen MR) is 105 cm³/mol. The van der Waals surface area contributed by atoms with Crippen molar-refractivity contribution in [2.45, 2.75) is 18.9 Å². The fourth-order valence-corrected chi connectivity index (χ4v) is 3.50. The Morgan fingerprint density at radius 1 is 1.30 bits per heavy atom. The second-order valence-corrected chi connectivity index (χ2v) is 6.53. The average molecular weight is 359 g/mol. The highest BCUT2D eigenvalue weighted by molar-refractivity contribution is 5.92. The van der Waals surface area contributed by atoms with Crippen LogP contribution in [0.25, 0.3) is 11.8 Å². The molecule has 136 valence electrons. The van der Waals surface area contributed by atoms with E-state index in [0.717, 1.165) is 24.1 Å². The smallest absolute Gasteiger partial charge is 0.244 e. The Morgan fingerprint density at radius 3 is 3.00 bits per heavy atom. The van der Waals surface area contributed by atoms with Crippen molar-refractivity contribution in [3.8, 4) is 11.4 Å². The standard InChI is InChI=1S/C22H21N3O2/c1-27-21-14-18(25-13-12-23-15-25)9-6-17(21)8-11-22(26)24-20-10-7-16-4-2-3-5-19(16)20/h2-6,8-9,11-15,20H,7,10H2,1H3,(H,24,26). The second-order valence-electron chi connectivity index (χ2n) is 6.53. The molecule has 4 rings (SSSR count). The van der Waals surface area contributed by atoms with Gasteiger partial charge < -0.3 is 14.6 Å². The van der Waals surface area contributed by atoms with Crippen LogP contribution in [0.5, 0.6) is 5.75 Å². The van der Waals surface area contributed by atoms with Crippen LogP contribution in [0.3, 0.4) is 0 Å². The molecular formula is C22H21N3O2. The summed E-state index contributed by atoms with van der Waals surface area (Å²) in [6.45, 7) is 0. The van der Waals surface area contributed by atoms with E-state index in [1.54, 1.807) is 31.8 Å². The summed E-state index contributed by atoms with van der Waals surface area (Å²) in [6, 6.07) is 14.2. The Bertz CT molecular complexity index is 977. The van der Waals surface area contributed by atoms with E-state index in [9.17, 15) is 4.79 Å². The van der Waals surface area contributed by atoms with E-state index in [4.69, 9.17) is 4.74 Å². The number of benzene rings is 2. The predicted octanol–water partition coefficient (Wildman–Crippen LogP) is 3.70. The number of aromatic nitrogens is 2. The number of carbonyl (C=O) groups is 1. The molecule has 1 aliphatic rings. The van der Waals surface area contributed by atoms with Gasteiger partial charge in [-0.2, -0.15) is 0 Å². The molecule has 0 radical (unpaired) electrons. The van der Waals surface area contributed by atoms with E-state index < -0.39 is 0 Å². The quantitative estimate of drug-likeness (QED) is 0.707. The van der Waals surface area contributed by atoms with E-state index in [0.29, 0.717) is 5.75 Å². The van der Waals surface area contributed by atoms with Crippen LogP contribution >= 0.6 is 0 Å². The third-order valence-corrected chi connectivity index (χ3v) is 4.88. The lowest BCUT2D eigenvalue weighted by molar-refractivity contribution is -0.117. The number of hydrogen-bond acceptors (Lipinski definition) is 3. The maximum absolute atomic E-state index is 12.4. The van der Waals surface area contributed by atoms with Gasteiger partial charge in [0.05, 0.1) is 25.2 Å². The summed E-state index contributed by atoms with van der Waals surface area (Å²) in [5, 5.41) is 3.10. The second kappa shape index (κ2) is 7.50. The minimum Gasteiger partial charge on any atom is -0.496 e. The van der Waals surface area contributed by atoms with Crippen molar-refractivity contribution >= 4 is 12.0 Å². The van der Waals surface area contributed by atoms with Crippen molar-refractivity contribution in [2.75, 3.05) is 7.11 Å². The lowest BCUT2D eigenvalue weighted by atomic mass is 10.1. The minimum atomic E-state index is -0.0996. The molecule has 3 aromatic rings. The molecule has 1 atom stereocenters. The number of carbonyl (C=O) groups excluding carboxylic acids is 1. The third-order valence-electron chi connectivity index (χ3n) is 4.88. The van der Waals surface area contributed by atoms with Gasteiger partial charge in [-0.15, -0.1) is 0 Å². The monoisotopic (exact) mass is 359 g/mol. The van der Waals surface area contributed by atoms with Crippen LogP contribution < -0.4 is 10.1 Å². The number of hydrogen-bond donors (Lipinski definition) is 1. The molecule has 1 aliphatic carbocycles. The van der Waals surface area contributed by atoms with E-state index >= 15 is 0 Å². The summed E-state index contributed by atoms with van der Waals surface area (Å²) in [4.78, 5) is 16.4. The van der Waals surface area contributed by atoms with Crippen LogP contribution in [0.1, 0.15) is 29.2 Å². The van der Waals surface area contributed by atoms with Gasteiger partial charge >= 0.3 is 0 Å². The topological polar surface area (TPSA) is 56.2 Å². The normalized spacial score (nSPS) is 15.7. The molecule has 1 unspecified atom stereocenters. The van der Waals surface area contributed by atoms with Gasteiger partial charge in [-0.1, -0.05) is 24.3 Å². The molecular weight excluding hydrogens is 338 g/mol. The number of amides is 1.